The molecule has 0 unspecified atom stereocenters. The molecule has 18 heavy (non-hydrogen) atoms. The maximum absolute atomic E-state index is 5.85. The lowest BCUT2D eigenvalue weighted by Crippen LogP contribution is -2.02. The lowest BCUT2D eigenvalue weighted by molar-refractivity contribution is 1.18. The van der Waals surface area contributed by atoms with Crippen LogP contribution < -0.4 is 11.1 Å². The summed E-state index contributed by atoms with van der Waals surface area (Å²) in [5.41, 5.74) is 10.1. The summed E-state index contributed by atoms with van der Waals surface area (Å²) in [6.45, 7) is 6.17. The number of nitrogen functional groups attached to an aromatic ring is 1. The van der Waals surface area contributed by atoms with Gasteiger partial charge in [-0.1, -0.05) is 29.3 Å². The number of nitrogens with one attached hydrogen (secondary N) is 1. The molecule has 0 radical (unpaired) electrons. The van der Waals surface area contributed by atoms with E-state index in [0.717, 1.165) is 16.8 Å². The SMILES string of the molecule is Cc1cc(C)c(Nc2cc(Cl)nc(N)n2)c(C)c1. The van der Waals surface area contributed by atoms with Gasteiger partial charge >= 0.3 is 0 Å². The van der Waals surface area contributed by atoms with E-state index in [-0.39, 0.29) is 5.95 Å². The molecule has 0 bridgehead atoms. The predicted octanol–water partition coefficient (Wildman–Crippen LogP) is 3.38. The molecule has 0 amide bonds. The van der Waals surface area contributed by atoms with Crippen molar-refractivity contribution < 1.29 is 0 Å². The van der Waals surface area contributed by atoms with Crippen molar-refractivity contribution in [2.24, 2.45) is 0 Å². The average Bonchev–Trinajstić information content (AvgIpc) is 2.22. The number of halogens is 1. The molecule has 1 heterocycles. The number of hydrogen-bond acceptors (Lipinski definition) is 4. The molecule has 0 spiro atoms. The summed E-state index contributed by atoms with van der Waals surface area (Å²) in [6.07, 6.45) is 0. The number of nitrogens with zero attached hydrogens (tertiary/aromatic N) is 2. The summed E-state index contributed by atoms with van der Waals surface area (Å²) in [7, 11) is 0. The number of hydrogen-bond donors (Lipinski definition) is 2. The molecular weight excluding hydrogens is 248 g/mol. The molecule has 4 nitrogen and oxygen atoms in total. The molecular formula is C13H15ClN4. The molecule has 0 atom stereocenters. The largest absolute Gasteiger partial charge is 0.368 e. The fourth-order valence-corrected chi connectivity index (χ4v) is 2.19. The van der Waals surface area contributed by atoms with Crippen molar-refractivity contribution in [2.75, 3.05) is 11.1 Å². The third kappa shape index (κ3) is 2.71. The third-order valence-corrected chi connectivity index (χ3v) is 2.84. The van der Waals surface area contributed by atoms with Crippen LogP contribution in [0.25, 0.3) is 0 Å². The monoisotopic (exact) mass is 262 g/mol. The van der Waals surface area contributed by atoms with Crippen LogP contribution in [0.2, 0.25) is 5.15 Å². The van der Waals surface area contributed by atoms with Crippen molar-refractivity contribution >= 4 is 29.1 Å². The minimum Gasteiger partial charge on any atom is -0.368 e. The number of benzene rings is 1. The average molecular weight is 263 g/mol. The van der Waals surface area contributed by atoms with Crippen molar-refractivity contribution in [1.82, 2.24) is 9.97 Å². The zero-order valence-electron chi connectivity index (χ0n) is 10.6. The van der Waals surface area contributed by atoms with Gasteiger partial charge in [0, 0.05) is 11.8 Å². The van der Waals surface area contributed by atoms with Crippen LogP contribution in [0.15, 0.2) is 18.2 Å². The first-order chi connectivity index (χ1) is 8.45. The Kier molecular flexibility index (Phi) is 3.39. The highest BCUT2D eigenvalue weighted by Gasteiger charge is 2.06. The summed E-state index contributed by atoms with van der Waals surface area (Å²) in [5.74, 6) is 0.759. The maximum Gasteiger partial charge on any atom is 0.223 e. The van der Waals surface area contributed by atoms with E-state index >= 15 is 0 Å². The zero-order valence-corrected chi connectivity index (χ0v) is 11.3. The van der Waals surface area contributed by atoms with Crippen LogP contribution in [-0.2, 0) is 0 Å². The summed E-state index contributed by atoms with van der Waals surface area (Å²) >= 11 is 5.85. The molecule has 94 valence electrons. The molecule has 1 aromatic carbocycles. The summed E-state index contributed by atoms with van der Waals surface area (Å²) in [4.78, 5) is 7.93. The molecule has 0 aliphatic rings. The van der Waals surface area contributed by atoms with Gasteiger partial charge in [0.1, 0.15) is 11.0 Å². The Morgan fingerprint density at radius 3 is 2.22 bits per heavy atom. The normalized spacial score (nSPS) is 10.4. The molecule has 3 N–H and O–H groups in total. The number of anilines is 3. The second-order valence-corrected chi connectivity index (χ2v) is 4.72. The van der Waals surface area contributed by atoms with Gasteiger partial charge in [0.05, 0.1) is 0 Å². The number of rotatable bonds is 2. The van der Waals surface area contributed by atoms with Gasteiger partial charge in [-0.05, 0) is 31.9 Å². The number of nitrogens with two attached hydrogens (primary N) is 1. The Hall–Kier alpha value is -1.81. The molecule has 0 saturated carbocycles. The van der Waals surface area contributed by atoms with Crippen LogP contribution in [0.5, 0.6) is 0 Å². The lowest BCUT2D eigenvalue weighted by Gasteiger charge is -2.13. The first-order valence-electron chi connectivity index (χ1n) is 5.60. The van der Waals surface area contributed by atoms with Gasteiger partial charge in [-0.25, -0.2) is 4.98 Å². The molecule has 0 aliphatic carbocycles. The van der Waals surface area contributed by atoms with E-state index in [1.165, 1.54) is 5.56 Å². The number of aryl methyl sites for hydroxylation is 3. The van der Waals surface area contributed by atoms with Crippen LogP contribution in [0.1, 0.15) is 16.7 Å². The molecule has 0 saturated heterocycles. The Bertz CT molecular complexity index is 552. The maximum atomic E-state index is 5.85. The van der Waals surface area contributed by atoms with Gasteiger partial charge in [-0.2, -0.15) is 4.98 Å². The topological polar surface area (TPSA) is 63.8 Å². The summed E-state index contributed by atoms with van der Waals surface area (Å²) in [5, 5.41) is 3.56. The highest BCUT2D eigenvalue weighted by Crippen LogP contribution is 2.26. The van der Waals surface area contributed by atoms with Gasteiger partial charge in [0.25, 0.3) is 0 Å². The molecule has 0 aliphatic heterocycles. The molecule has 1 aromatic heterocycles. The fourth-order valence-electron chi connectivity index (χ4n) is 2.00. The summed E-state index contributed by atoms with van der Waals surface area (Å²) < 4.78 is 0. The first kappa shape index (κ1) is 12.6. The number of aromatic nitrogens is 2. The van der Waals surface area contributed by atoms with Crippen LogP contribution in [0.3, 0.4) is 0 Å². The van der Waals surface area contributed by atoms with Gasteiger partial charge in [0.15, 0.2) is 0 Å². The van der Waals surface area contributed by atoms with E-state index in [2.05, 4.69) is 48.2 Å². The Balaban J connectivity index is 2.40. The van der Waals surface area contributed by atoms with E-state index < -0.39 is 0 Å². The van der Waals surface area contributed by atoms with Gasteiger partial charge < -0.3 is 11.1 Å². The Morgan fingerprint density at radius 1 is 1.06 bits per heavy atom. The third-order valence-electron chi connectivity index (χ3n) is 2.64. The van der Waals surface area contributed by atoms with Gasteiger partial charge in [-0.3, -0.25) is 0 Å². The zero-order chi connectivity index (χ0) is 13.3. The van der Waals surface area contributed by atoms with Crippen molar-refractivity contribution in [2.45, 2.75) is 20.8 Å². The Morgan fingerprint density at radius 2 is 1.67 bits per heavy atom. The molecule has 0 fully saturated rings. The second kappa shape index (κ2) is 4.82. The van der Waals surface area contributed by atoms with E-state index in [0.29, 0.717) is 11.0 Å². The smallest absolute Gasteiger partial charge is 0.223 e. The van der Waals surface area contributed by atoms with Gasteiger partial charge in [-0.15, -0.1) is 0 Å². The minimum absolute atomic E-state index is 0.160. The van der Waals surface area contributed by atoms with Crippen LogP contribution in [0, 0.1) is 20.8 Å². The van der Waals surface area contributed by atoms with E-state index in [1.807, 2.05) is 0 Å². The van der Waals surface area contributed by atoms with Crippen molar-refractivity contribution in [1.29, 1.82) is 0 Å². The summed E-state index contributed by atoms with van der Waals surface area (Å²) in [6, 6.07) is 5.87. The van der Waals surface area contributed by atoms with Crippen molar-refractivity contribution in [3.8, 4) is 0 Å². The standard InChI is InChI=1S/C13H15ClN4/c1-7-4-8(2)12(9(3)5-7)17-11-6-10(14)16-13(15)18-11/h4-6H,1-3H3,(H3,15,16,17,18). The highest BCUT2D eigenvalue weighted by atomic mass is 35.5. The van der Waals surface area contributed by atoms with Gasteiger partial charge in [0.2, 0.25) is 5.95 Å². The molecule has 2 rings (SSSR count). The minimum atomic E-state index is 0.160. The van der Waals surface area contributed by atoms with E-state index in [4.69, 9.17) is 17.3 Å². The van der Waals surface area contributed by atoms with E-state index in [9.17, 15) is 0 Å². The fraction of sp³-hybridized carbons (Fsp3) is 0.231. The lowest BCUT2D eigenvalue weighted by atomic mass is 10.1. The van der Waals surface area contributed by atoms with Crippen molar-refractivity contribution in [3.63, 3.8) is 0 Å². The van der Waals surface area contributed by atoms with Crippen LogP contribution in [0.4, 0.5) is 17.5 Å². The first-order valence-corrected chi connectivity index (χ1v) is 5.98. The second-order valence-electron chi connectivity index (χ2n) is 4.33. The van der Waals surface area contributed by atoms with Crippen LogP contribution >= 0.6 is 11.6 Å². The predicted molar refractivity (Wildman–Crippen MR) is 75.4 cm³/mol. The Labute approximate surface area is 111 Å². The molecule has 5 heteroatoms. The van der Waals surface area contributed by atoms with E-state index in [1.54, 1.807) is 6.07 Å². The highest BCUT2D eigenvalue weighted by molar-refractivity contribution is 6.29. The van der Waals surface area contributed by atoms with Crippen molar-refractivity contribution in [3.05, 3.63) is 40.0 Å². The molecule has 2 aromatic rings. The van der Waals surface area contributed by atoms with Crippen LogP contribution in [-0.4, -0.2) is 9.97 Å². The quantitative estimate of drug-likeness (QED) is 0.815.